The maximum atomic E-state index is 13.2. The lowest BCUT2D eigenvalue weighted by molar-refractivity contribution is -0.125. The number of carbonyl (C=O) groups excluding carboxylic acids is 6. The second-order valence-electron chi connectivity index (χ2n) is 22.4. The van der Waals surface area contributed by atoms with Gasteiger partial charge in [0.2, 0.25) is 10.0 Å². The number of methoxy groups -OCH3 is 2. The zero-order valence-corrected chi connectivity index (χ0v) is 62.6. The quantitative estimate of drug-likeness (QED) is 0.0162. The second-order valence-corrected chi connectivity index (χ2v) is 31.2. The summed E-state index contributed by atoms with van der Waals surface area (Å²) in [6.07, 6.45) is 7.45. The lowest BCUT2D eigenvalue weighted by Gasteiger charge is -2.29. The molecule has 4 aliphatic heterocycles. The van der Waals surface area contributed by atoms with E-state index in [1.807, 2.05) is 101 Å². The first kappa shape index (κ1) is 77.2. The number of sulfonamides is 1. The van der Waals surface area contributed by atoms with Gasteiger partial charge in [0.15, 0.2) is 20.9 Å². The maximum Gasteiger partial charge on any atom is 0.323 e. The smallest absolute Gasteiger partial charge is 0.323 e. The molecule has 4 aliphatic rings. The van der Waals surface area contributed by atoms with Gasteiger partial charge in [0.25, 0.3) is 33.7 Å². The Hall–Kier alpha value is -8.58. The van der Waals surface area contributed by atoms with Crippen LogP contribution in [0.15, 0.2) is 171 Å². The second kappa shape index (κ2) is 33.3. The summed E-state index contributed by atoms with van der Waals surface area (Å²) in [7, 11) is -8.04. The molecular formula is C68H66I3N7O19S3. The van der Waals surface area contributed by atoms with Crippen LogP contribution in [0.3, 0.4) is 0 Å². The summed E-state index contributed by atoms with van der Waals surface area (Å²) in [5, 5.41) is 28.0. The molecule has 12 rings (SSSR count). The molecular weight excluding hydrogens is 1700 g/mol. The van der Waals surface area contributed by atoms with Crippen molar-refractivity contribution in [2.75, 3.05) is 39.6 Å². The molecule has 0 radical (unpaired) electrons. The number of imide groups is 2. The van der Waals surface area contributed by atoms with E-state index in [1.54, 1.807) is 48.5 Å². The summed E-state index contributed by atoms with van der Waals surface area (Å²) in [4.78, 5) is 77.3. The molecule has 8 amide bonds. The predicted octanol–water partition coefficient (Wildman–Crippen LogP) is 9.37. The van der Waals surface area contributed by atoms with Gasteiger partial charge in [-0.3, -0.25) is 34.4 Å². The molecule has 8 aromatic rings. The third kappa shape index (κ3) is 18.7. The van der Waals surface area contributed by atoms with E-state index in [9.17, 15) is 59.1 Å². The van der Waals surface area contributed by atoms with Crippen molar-refractivity contribution in [3.63, 3.8) is 0 Å². The zero-order chi connectivity index (χ0) is 72.9. The number of amides is 8. The lowest BCUT2D eigenvalue weighted by Crippen LogP contribution is -2.54. The molecule has 5 heterocycles. The first-order valence-corrected chi connectivity index (χ1v) is 38.0. The summed E-state index contributed by atoms with van der Waals surface area (Å²) in [6.45, 7) is 4.93. The van der Waals surface area contributed by atoms with Gasteiger partial charge >= 0.3 is 12.1 Å². The Bertz CT molecular complexity index is 4830. The van der Waals surface area contributed by atoms with Crippen molar-refractivity contribution in [2.24, 2.45) is 0 Å². The first-order chi connectivity index (χ1) is 47.4. The van der Waals surface area contributed by atoms with Crippen molar-refractivity contribution >= 4 is 144 Å². The van der Waals surface area contributed by atoms with Crippen molar-refractivity contribution in [3.05, 3.63) is 196 Å². The number of hydrogen-bond donors (Lipinski definition) is 8. The molecule has 0 aliphatic carbocycles. The number of unbranched alkanes of at least 4 members (excludes halogenated alkanes) is 1. The third-order valence-corrected chi connectivity index (χ3v) is 22.2. The summed E-state index contributed by atoms with van der Waals surface area (Å²) in [5.41, 5.74) is 0.732. The molecule has 0 bridgehead atoms. The number of para-hydroxylation sites is 1. The Balaban J connectivity index is 0.000000172. The molecule has 2 atom stereocenters. The average Bonchev–Trinajstić information content (AvgIpc) is 1.59. The van der Waals surface area contributed by atoms with E-state index in [1.165, 1.54) is 84.7 Å². The number of furan rings is 1. The van der Waals surface area contributed by atoms with Crippen LogP contribution in [0.4, 0.5) is 9.59 Å². The fourth-order valence-corrected chi connectivity index (χ4v) is 15.3. The molecule has 7 aromatic carbocycles. The van der Waals surface area contributed by atoms with Crippen LogP contribution in [0.1, 0.15) is 76.3 Å². The van der Waals surface area contributed by atoms with Gasteiger partial charge in [0.05, 0.1) is 58.5 Å². The fraction of sp³-hybridized carbons (Fsp3) is 0.235. The lowest BCUT2D eigenvalue weighted by atomic mass is 9.95. The Morgan fingerprint density at radius 3 is 1.71 bits per heavy atom. The topological polar surface area (TPSA) is 373 Å². The van der Waals surface area contributed by atoms with Gasteiger partial charge < -0.3 is 49.3 Å². The number of rotatable bonds is 19. The molecule has 1 aromatic heterocycles. The Kier molecular flexibility index (Phi) is 25.7. The van der Waals surface area contributed by atoms with E-state index in [-0.39, 0.29) is 63.4 Å². The van der Waals surface area contributed by atoms with Crippen LogP contribution in [0, 0.1) is 23.1 Å². The number of phenolic OH excluding ortho intramolecular Hbond substituents is 2. The summed E-state index contributed by atoms with van der Waals surface area (Å²) in [6, 6.07) is 40.3. The van der Waals surface area contributed by atoms with E-state index in [2.05, 4.69) is 54.5 Å². The van der Waals surface area contributed by atoms with Gasteiger partial charge in [-0.15, -0.1) is 6.42 Å². The fourth-order valence-electron chi connectivity index (χ4n) is 10.2. The summed E-state index contributed by atoms with van der Waals surface area (Å²) < 4.78 is 106. The van der Waals surface area contributed by atoms with Crippen LogP contribution in [0.2, 0.25) is 0 Å². The number of benzene rings is 7. The van der Waals surface area contributed by atoms with E-state index >= 15 is 0 Å². The third-order valence-electron chi connectivity index (χ3n) is 15.5. The number of fused-ring (bicyclic) bond motifs is 3. The highest BCUT2D eigenvalue weighted by molar-refractivity contribution is 14.1. The average molecular weight is 1760 g/mol. The number of hydrogen-bond acceptors (Lipinski definition) is 18. The molecule has 0 saturated carbocycles. The minimum atomic E-state index is -4.17. The SMILES string of the molecule is C#C[C@]1(CN2Cc3ccc(OC)cc3C2=O)NC(=O)NC1=O.CCCCS(=O)(=O)c1ccc2oc([C@]3(CN4Cc5ccc(OC)cc5C4=O)NC(=O)NC3=O)cc2c1.CCCNS(=O)(=O)c1ccc(O)c(I)c1.O=S(=O)(O)c1ccc(OCc2ccccc2)c(I)c1.Oc1ccccc1I. The van der Waals surface area contributed by atoms with Gasteiger partial charge in [0.1, 0.15) is 46.7 Å². The number of ether oxygens (including phenoxy) is 3. The van der Waals surface area contributed by atoms with Gasteiger partial charge in [-0.2, -0.15) is 8.42 Å². The molecule has 526 valence electrons. The van der Waals surface area contributed by atoms with E-state index in [4.69, 9.17) is 34.7 Å². The van der Waals surface area contributed by atoms with Crippen molar-refractivity contribution in [2.45, 2.75) is 78.6 Å². The maximum absolute atomic E-state index is 13.2. The highest BCUT2D eigenvalue weighted by Crippen LogP contribution is 2.37. The molecule has 2 saturated heterocycles. The van der Waals surface area contributed by atoms with E-state index in [0.717, 1.165) is 33.1 Å². The molecule has 0 unspecified atom stereocenters. The standard InChI is InChI=1S/C25H25N3O7S.C15H13N3O4.C13H11IO4S.C9H12INO3S.C6H5IO/c1-3-4-9-36(32,33)18-7-8-20-16(10-18)11-21(35-20)25(23(30)26-24(31)27-25)14-28-13-15-5-6-17(34-2)12-19(15)22(28)29;1-3-15(13(20)16-14(21)17-15)8-18-7-9-4-5-10(22-2)6-11(9)12(18)19;14-12-8-11(19(15,16)17)6-7-13(12)18-9-10-4-2-1-3-5-10;1-2-5-11-15(13,14)7-3-4-9(12)8(10)6-7;7-5-3-1-2-4-6(5)8/h5-8,10-12H,3-4,9,13-14H2,1-2H3,(H2,26,27,30,31);1,4-6H,7-8H2,2H3,(H2,16,17,20,21);1-8H,9H2,(H,15,16,17);3-4,6,11-12H,2,5H2,1H3;1-4,8H/t25-;15-;;;/m01.../s1. The highest BCUT2D eigenvalue weighted by Gasteiger charge is 2.53. The number of nitrogens with zero attached hydrogens (tertiary/aromatic N) is 2. The number of urea groups is 2. The summed E-state index contributed by atoms with van der Waals surface area (Å²) in [5.74, 6) is 2.71. The van der Waals surface area contributed by atoms with Crippen LogP contribution in [-0.2, 0) is 64.8 Å². The van der Waals surface area contributed by atoms with Crippen LogP contribution >= 0.6 is 67.8 Å². The zero-order valence-electron chi connectivity index (χ0n) is 53.7. The number of sulfone groups is 1. The number of aromatic hydroxyl groups is 2. The normalized spacial score (nSPS) is 16.7. The Morgan fingerprint density at radius 2 is 1.19 bits per heavy atom. The Labute approximate surface area is 617 Å². The van der Waals surface area contributed by atoms with Crippen LogP contribution in [0.25, 0.3) is 11.0 Å². The van der Waals surface area contributed by atoms with Gasteiger partial charge in [-0.05, 0) is 194 Å². The predicted molar refractivity (Wildman–Crippen MR) is 392 cm³/mol. The monoisotopic (exact) mass is 1760 g/mol. The number of carbonyl (C=O) groups is 6. The minimum Gasteiger partial charge on any atom is -0.507 e. The number of halogens is 3. The van der Waals surface area contributed by atoms with Crippen molar-refractivity contribution < 1.29 is 87.4 Å². The highest BCUT2D eigenvalue weighted by atomic mass is 127. The molecule has 0 spiro atoms. The first-order valence-electron chi connectivity index (χ1n) is 30.2. The van der Waals surface area contributed by atoms with Gasteiger partial charge in [-0.25, -0.2) is 31.1 Å². The Morgan fingerprint density at radius 1 is 0.620 bits per heavy atom. The number of nitrogens with one attached hydrogen (secondary N) is 5. The van der Waals surface area contributed by atoms with Gasteiger partial charge in [0, 0.05) is 36.1 Å². The molecule has 32 heteroatoms. The largest absolute Gasteiger partial charge is 0.507 e. The van der Waals surface area contributed by atoms with E-state index < -0.39 is 64.9 Å². The van der Waals surface area contributed by atoms with E-state index in [0.29, 0.717) is 78.4 Å². The van der Waals surface area contributed by atoms with Crippen LogP contribution < -0.4 is 40.2 Å². The summed E-state index contributed by atoms with van der Waals surface area (Å²) >= 11 is 5.93. The van der Waals surface area contributed by atoms with Crippen LogP contribution in [-0.4, -0.2) is 131 Å². The minimum absolute atomic E-state index is 0.0323. The number of terminal acetylenes is 1. The molecule has 2 fully saturated rings. The molecule has 100 heavy (non-hydrogen) atoms. The van der Waals surface area contributed by atoms with Crippen molar-refractivity contribution in [1.82, 2.24) is 35.8 Å². The van der Waals surface area contributed by atoms with Crippen LogP contribution in [0.5, 0.6) is 28.7 Å². The van der Waals surface area contributed by atoms with Crippen molar-refractivity contribution in [3.8, 4) is 41.1 Å². The number of phenols is 2. The van der Waals surface area contributed by atoms with Gasteiger partial charge in [-0.1, -0.05) is 80.8 Å². The van der Waals surface area contributed by atoms with Crippen molar-refractivity contribution in [1.29, 1.82) is 0 Å². The molecule has 8 N–H and O–H groups in total. The molecule has 26 nitrogen and oxygen atoms in total.